The number of carbonyl (C=O) groups is 1. The van der Waals surface area contributed by atoms with Crippen LogP contribution in [0.25, 0.3) is 11.1 Å². The average molecular weight is 387 g/mol. The van der Waals surface area contributed by atoms with Gasteiger partial charge >= 0.3 is 6.09 Å². The molecule has 0 aromatic heterocycles. The third-order valence-electron chi connectivity index (χ3n) is 4.54. The SMILES string of the molecule is COc1cc(F)ccc1-c1ccc2c(c1)OCC[C@H]2CNC(=O)OC(C)(C)C. The van der Waals surface area contributed by atoms with E-state index in [0.29, 0.717) is 18.9 Å². The molecule has 1 atom stereocenters. The molecule has 0 saturated carbocycles. The molecule has 1 aliphatic heterocycles. The van der Waals surface area contributed by atoms with Crippen molar-refractivity contribution < 1.29 is 23.4 Å². The van der Waals surface area contributed by atoms with Gasteiger partial charge in [-0.25, -0.2) is 9.18 Å². The number of carbonyl (C=O) groups excluding carboxylic acids is 1. The van der Waals surface area contributed by atoms with Gasteiger partial charge in [-0.1, -0.05) is 12.1 Å². The van der Waals surface area contributed by atoms with Gasteiger partial charge in [0, 0.05) is 24.1 Å². The number of rotatable bonds is 4. The van der Waals surface area contributed by atoms with E-state index < -0.39 is 11.7 Å². The zero-order chi connectivity index (χ0) is 20.3. The first-order valence-corrected chi connectivity index (χ1v) is 9.34. The highest BCUT2D eigenvalue weighted by Crippen LogP contribution is 2.39. The van der Waals surface area contributed by atoms with E-state index in [1.54, 1.807) is 6.07 Å². The molecule has 0 saturated heterocycles. The van der Waals surface area contributed by atoms with Crippen LogP contribution in [0.1, 0.15) is 38.7 Å². The second-order valence-corrected chi connectivity index (χ2v) is 7.81. The van der Waals surface area contributed by atoms with Crippen molar-refractivity contribution in [3.05, 3.63) is 47.8 Å². The Morgan fingerprint density at radius 1 is 1.25 bits per heavy atom. The molecule has 150 valence electrons. The molecule has 1 N–H and O–H groups in total. The van der Waals surface area contributed by atoms with E-state index in [4.69, 9.17) is 14.2 Å². The number of fused-ring (bicyclic) bond motifs is 1. The van der Waals surface area contributed by atoms with Crippen LogP contribution in [0.5, 0.6) is 11.5 Å². The highest BCUT2D eigenvalue weighted by molar-refractivity contribution is 5.72. The number of halogens is 1. The standard InChI is InChI=1S/C22H26FNO4/c1-22(2,3)28-21(25)24-13-15-9-10-27-20-11-14(5-7-18(15)20)17-8-6-16(23)12-19(17)26-4/h5-8,11-12,15H,9-10,13H2,1-4H3,(H,24,25)/t15-/m0/s1. The van der Waals surface area contributed by atoms with Crippen LogP contribution in [0, 0.1) is 5.82 Å². The first-order valence-electron chi connectivity index (χ1n) is 9.34. The Morgan fingerprint density at radius 2 is 2.04 bits per heavy atom. The molecule has 2 aromatic rings. The number of amides is 1. The van der Waals surface area contributed by atoms with Crippen molar-refractivity contribution in [3.63, 3.8) is 0 Å². The first kappa shape index (κ1) is 20.0. The molecule has 2 aromatic carbocycles. The third kappa shape index (κ3) is 4.74. The highest BCUT2D eigenvalue weighted by atomic mass is 19.1. The molecule has 0 radical (unpaired) electrons. The van der Waals surface area contributed by atoms with Crippen LogP contribution in [-0.4, -0.2) is 32.0 Å². The fourth-order valence-electron chi connectivity index (χ4n) is 3.27. The van der Waals surface area contributed by atoms with E-state index in [0.717, 1.165) is 28.9 Å². The molecule has 6 heteroatoms. The number of alkyl carbamates (subject to hydrolysis) is 1. The van der Waals surface area contributed by atoms with Crippen molar-refractivity contribution in [3.8, 4) is 22.6 Å². The normalized spacial score (nSPS) is 16.0. The fourth-order valence-corrected chi connectivity index (χ4v) is 3.27. The number of nitrogens with one attached hydrogen (secondary N) is 1. The average Bonchev–Trinajstić information content (AvgIpc) is 2.64. The van der Waals surface area contributed by atoms with E-state index in [1.807, 2.05) is 39.0 Å². The van der Waals surface area contributed by atoms with Crippen LogP contribution in [-0.2, 0) is 4.74 Å². The molecular weight excluding hydrogens is 361 g/mol. The van der Waals surface area contributed by atoms with Gasteiger partial charge in [0.25, 0.3) is 0 Å². The summed E-state index contributed by atoms with van der Waals surface area (Å²) in [5.74, 6) is 1.04. The van der Waals surface area contributed by atoms with Crippen LogP contribution in [0.4, 0.5) is 9.18 Å². The third-order valence-corrected chi connectivity index (χ3v) is 4.54. The second kappa shape index (κ2) is 8.09. The summed E-state index contributed by atoms with van der Waals surface area (Å²) in [6, 6.07) is 10.4. The quantitative estimate of drug-likeness (QED) is 0.811. The smallest absolute Gasteiger partial charge is 0.407 e. The van der Waals surface area contributed by atoms with Crippen LogP contribution >= 0.6 is 0 Å². The van der Waals surface area contributed by atoms with Crippen LogP contribution in [0.3, 0.4) is 0 Å². The van der Waals surface area contributed by atoms with E-state index in [2.05, 4.69) is 5.32 Å². The Kier molecular flexibility index (Phi) is 5.77. The van der Waals surface area contributed by atoms with Gasteiger partial charge in [-0.15, -0.1) is 0 Å². The zero-order valence-electron chi connectivity index (χ0n) is 16.7. The summed E-state index contributed by atoms with van der Waals surface area (Å²) >= 11 is 0. The number of ether oxygens (including phenoxy) is 3. The molecule has 0 spiro atoms. The second-order valence-electron chi connectivity index (χ2n) is 7.81. The van der Waals surface area contributed by atoms with E-state index in [9.17, 15) is 9.18 Å². The molecule has 1 amide bonds. The molecule has 1 heterocycles. The minimum Gasteiger partial charge on any atom is -0.496 e. The predicted octanol–water partition coefficient (Wildman–Crippen LogP) is 4.89. The molecule has 0 unspecified atom stereocenters. The molecule has 5 nitrogen and oxygen atoms in total. The Labute approximate surface area is 164 Å². The maximum Gasteiger partial charge on any atom is 0.407 e. The first-order chi connectivity index (χ1) is 13.3. The maximum absolute atomic E-state index is 13.5. The van der Waals surface area contributed by atoms with E-state index in [1.165, 1.54) is 19.2 Å². The topological polar surface area (TPSA) is 56.8 Å². The van der Waals surface area contributed by atoms with E-state index in [-0.39, 0.29) is 11.7 Å². The van der Waals surface area contributed by atoms with Gasteiger partial charge in [-0.3, -0.25) is 0 Å². The van der Waals surface area contributed by atoms with Crippen molar-refractivity contribution in [1.82, 2.24) is 5.32 Å². The summed E-state index contributed by atoms with van der Waals surface area (Å²) in [6.07, 6.45) is 0.385. The van der Waals surface area contributed by atoms with Gasteiger partial charge in [0.05, 0.1) is 13.7 Å². The molecule has 3 rings (SSSR count). The monoisotopic (exact) mass is 387 g/mol. The Bertz CT molecular complexity index is 860. The van der Waals surface area contributed by atoms with Crippen molar-refractivity contribution in [2.24, 2.45) is 0 Å². The van der Waals surface area contributed by atoms with E-state index >= 15 is 0 Å². The van der Waals surface area contributed by atoms with Crippen molar-refractivity contribution in [1.29, 1.82) is 0 Å². The Morgan fingerprint density at radius 3 is 2.75 bits per heavy atom. The largest absolute Gasteiger partial charge is 0.496 e. The van der Waals surface area contributed by atoms with Gasteiger partial charge in [-0.2, -0.15) is 0 Å². The van der Waals surface area contributed by atoms with Crippen LogP contribution < -0.4 is 14.8 Å². The summed E-state index contributed by atoms with van der Waals surface area (Å²) in [5.41, 5.74) is 2.19. The van der Waals surface area contributed by atoms with Crippen molar-refractivity contribution in [2.75, 3.05) is 20.3 Å². The lowest BCUT2D eigenvalue weighted by Gasteiger charge is -2.27. The van der Waals surface area contributed by atoms with Crippen molar-refractivity contribution in [2.45, 2.75) is 38.7 Å². The zero-order valence-corrected chi connectivity index (χ0v) is 16.7. The molecular formula is C22H26FNO4. The molecule has 0 fully saturated rings. The van der Waals surface area contributed by atoms with Gasteiger partial charge in [-0.05, 0) is 56.5 Å². The predicted molar refractivity (Wildman–Crippen MR) is 105 cm³/mol. The minimum absolute atomic E-state index is 0.139. The Hall–Kier alpha value is -2.76. The molecule has 28 heavy (non-hydrogen) atoms. The van der Waals surface area contributed by atoms with Gasteiger partial charge in [0.1, 0.15) is 22.9 Å². The van der Waals surface area contributed by atoms with Gasteiger partial charge in [0.15, 0.2) is 0 Å². The minimum atomic E-state index is -0.527. The molecule has 0 bridgehead atoms. The number of methoxy groups -OCH3 is 1. The van der Waals surface area contributed by atoms with Crippen LogP contribution in [0.2, 0.25) is 0 Å². The molecule has 0 aliphatic carbocycles. The lowest BCUT2D eigenvalue weighted by molar-refractivity contribution is 0.0521. The highest BCUT2D eigenvalue weighted by Gasteiger charge is 2.24. The lowest BCUT2D eigenvalue weighted by atomic mass is 9.91. The summed E-state index contributed by atoms with van der Waals surface area (Å²) in [5, 5.41) is 2.84. The van der Waals surface area contributed by atoms with Crippen LogP contribution in [0.15, 0.2) is 36.4 Å². The number of hydrogen-bond donors (Lipinski definition) is 1. The van der Waals surface area contributed by atoms with Gasteiger partial charge in [0.2, 0.25) is 0 Å². The summed E-state index contributed by atoms with van der Waals surface area (Å²) in [4.78, 5) is 11.9. The summed E-state index contributed by atoms with van der Waals surface area (Å²) < 4.78 is 29.9. The molecule has 1 aliphatic rings. The van der Waals surface area contributed by atoms with Gasteiger partial charge < -0.3 is 19.5 Å². The summed E-state index contributed by atoms with van der Waals surface area (Å²) in [7, 11) is 1.52. The number of hydrogen-bond acceptors (Lipinski definition) is 4. The summed E-state index contributed by atoms with van der Waals surface area (Å²) in [6.45, 7) is 6.55. The number of benzene rings is 2. The lowest BCUT2D eigenvalue weighted by Crippen LogP contribution is -2.35. The Balaban J connectivity index is 1.78. The van der Waals surface area contributed by atoms with Crippen molar-refractivity contribution >= 4 is 6.09 Å². The fraction of sp³-hybridized carbons (Fsp3) is 0.409. The maximum atomic E-state index is 13.5.